The van der Waals surface area contributed by atoms with Crippen LogP contribution in [0.5, 0.6) is 0 Å². The Morgan fingerprint density at radius 3 is 2.29 bits per heavy atom. The Labute approximate surface area is 203 Å². The molecule has 174 valence electrons. The molecule has 0 N–H and O–H groups in total. The van der Waals surface area contributed by atoms with Gasteiger partial charge in [0, 0.05) is 4.47 Å². The lowest BCUT2D eigenvalue weighted by Gasteiger charge is -2.19. The van der Waals surface area contributed by atoms with Gasteiger partial charge in [-0.1, -0.05) is 47.1 Å². The number of hydrogen-bond donors (Lipinski definition) is 0. The van der Waals surface area contributed by atoms with Gasteiger partial charge in [-0.3, -0.25) is 4.98 Å². The Balaban J connectivity index is 2.00. The average molecular weight is 529 g/mol. The number of hydrogen-bond acceptors (Lipinski definition) is 3. The Bertz CT molecular complexity index is 1350. The van der Waals surface area contributed by atoms with E-state index in [1.54, 1.807) is 34.9 Å². The molecular weight excluding hydrogens is 509 g/mol. The smallest absolute Gasteiger partial charge is 0.418 e. The highest BCUT2D eigenvalue weighted by Crippen LogP contribution is 2.39. The number of halogens is 4. The number of carbonyl (C=O) groups is 1. The van der Waals surface area contributed by atoms with Gasteiger partial charge in [-0.15, -0.1) is 0 Å². The second-order valence-electron chi connectivity index (χ2n) is 7.50. The highest BCUT2D eigenvalue weighted by Gasteiger charge is 2.34. The van der Waals surface area contributed by atoms with Crippen molar-refractivity contribution in [3.05, 3.63) is 94.1 Å². The molecule has 8 heteroatoms. The molecule has 0 bridgehead atoms. The molecule has 0 saturated carbocycles. The Kier molecular flexibility index (Phi) is 6.61. The summed E-state index contributed by atoms with van der Waals surface area (Å²) in [7, 11) is 1.29. The second kappa shape index (κ2) is 9.46. The fourth-order valence-electron chi connectivity index (χ4n) is 3.86. The van der Waals surface area contributed by atoms with Crippen molar-refractivity contribution in [2.45, 2.75) is 19.5 Å². The maximum Gasteiger partial charge on any atom is 0.418 e. The van der Waals surface area contributed by atoms with Crippen molar-refractivity contribution in [1.82, 2.24) is 9.55 Å². The third kappa shape index (κ3) is 4.50. The fourth-order valence-corrected chi connectivity index (χ4v) is 4.12. The molecule has 2 aromatic carbocycles. The van der Waals surface area contributed by atoms with E-state index in [2.05, 4.69) is 20.9 Å². The average Bonchev–Trinajstić information content (AvgIpc) is 3.28. The molecule has 2 aromatic heterocycles. The molecular formula is C26H20BrF3N2O2. The van der Waals surface area contributed by atoms with E-state index in [1.807, 2.05) is 31.2 Å². The number of methoxy groups -OCH3 is 1. The van der Waals surface area contributed by atoms with E-state index in [1.165, 1.54) is 19.2 Å². The number of aryl methyl sites for hydroxylation is 1. The van der Waals surface area contributed by atoms with Crippen LogP contribution in [-0.2, 0) is 17.3 Å². The molecule has 0 amide bonds. The predicted octanol–water partition coefficient (Wildman–Crippen LogP) is 7.34. The van der Waals surface area contributed by atoms with E-state index in [9.17, 15) is 18.0 Å². The van der Waals surface area contributed by atoms with Crippen molar-refractivity contribution >= 4 is 21.9 Å². The molecule has 4 aromatic rings. The van der Waals surface area contributed by atoms with Gasteiger partial charge >= 0.3 is 12.1 Å². The Morgan fingerprint density at radius 1 is 0.971 bits per heavy atom. The van der Waals surface area contributed by atoms with Gasteiger partial charge in [0.15, 0.2) is 0 Å². The van der Waals surface area contributed by atoms with E-state index in [-0.39, 0.29) is 5.69 Å². The minimum atomic E-state index is -4.55. The van der Waals surface area contributed by atoms with Crippen molar-refractivity contribution in [3.63, 3.8) is 0 Å². The quantitative estimate of drug-likeness (QED) is 0.254. The number of carbonyl (C=O) groups excluding carboxylic acids is 1. The molecule has 0 aliphatic rings. The first-order chi connectivity index (χ1) is 16.2. The molecule has 0 aliphatic carbocycles. The van der Waals surface area contributed by atoms with E-state index in [0.717, 1.165) is 16.1 Å². The Hall–Kier alpha value is -3.39. The first-order valence-corrected chi connectivity index (χ1v) is 11.3. The van der Waals surface area contributed by atoms with Gasteiger partial charge in [-0.05, 0) is 60.5 Å². The zero-order chi connectivity index (χ0) is 24.5. The molecule has 0 atom stereocenters. The normalized spacial score (nSPS) is 11.5. The highest BCUT2D eigenvalue weighted by atomic mass is 79.9. The second-order valence-corrected chi connectivity index (χ2v) is 8.41. The number of benzene rings is 2. The molecule has 2 heterocycles. The van der Waals surface area contributed by atoms with Crippen LogP contribution in [0, 0.1) is 0 Å². The molecule has 34 heavy (non-hydrogen) atoms. The molecule has 0 aliphatic heterocycles. The number of rotatable bonds is 5. The number of nitrogens with zero attached hydrogens (tertiary/aromatic N) is 2. The maximum atomic E-state index is 14.0. The van der Waals surface area contributed by atoms with Gasteiger partial charge in [0.05, 0.1) is 46.7 Å². The van der Waals surface area contributed by atoms with Crippen LogP contribution < -0.4 is 0 Å². The van der Waals surface area contributed by atoms with Crippen LogP contribution in [-0.4, -0.2) is 22.6 Å². The highest BCUT2D eigenvalue weighted by molar-refractivity contribution is 9.10. The standard InChI is InChI=1S/C26H20BrF3N2O2/c1-3-20-18(25(33)34-2)12-13-21(31-20)24-15-14-22(16-8-10-17(27)11-9-16)32(24)23-7-5-4-6-19(23)26(28,29)30/h4-15H,3H2,1-2H3. The zero-order valence-electron chi connectivity index (χ0n) is 18.4. The van der Waals surface area contributed by atoms with E-state index in [4.69, 9.17) is 4.74 Å². The zero-order valence-corrected chi connectivity index (χ0v) is 19.9. The van der Waals surface area contributed by atoms with Gasteiger partial charge in [0.1, 0.15) is 0 Å². The molecule has 0 saturated heterocycles. The number of esters is 1. The van der Waals surface area contributed by atoms with Crippen LogP contribution in [0.2, 0.25) is 0 Å². The summed E-state index contributed by atoms with van der Waals surface area (Å²) in [6, 6.07) is 19.5. The van der Waals surface area contributed by atoms with Crippen molar-refractivity contribution in [2.24, 2.45) is 0 Å². The summed E-state index contributed by atoms with van der Waals surface area (Å²) in [5.74, 6) is -0.510. The van der Waals surface area contributed by atoms with Gasteiger partial charge in [-0.2, -0.15) is 13.2 Å². The molecule has 0 spiro atoms. The SMILES string of the molecule is CCc1nc(-c2ccc(-c3ccc(Br)cc3)n2-c2ccccc2C(F)(F)F)ccc1C(=O)OC. The summed E-state index contributed by atoms with van der Waals surface area (Å²) >= 11 is 3.40. The van der Waals surface area contributed by atoms with Gasteiger partial charge < -0.3 is 9.30 Å². The first-order valence-electron chi connectivity index (χ1n) is 10.5. The van der Waals surface area contributed by atoms with Crippen molar-refractivity contribution in [2.75, 3.05) is 7.11 Å². The summed E-state index contributed by atoms with van der Waals surface area (Å²) in [5.41, 5.74) is 2.31. The van der Waals surface area contributed by atoms with Crippen LogP contribution in [0.1, 0.15) is 28.5 Å². The number of pyridine rings is 1. The van der Waals surface area contributed by atoms with Crippen LogP contribution in [0.15, 0.2) is 77.3 Å². The summed E-state index contributed by atoms with van der Waals surface area (Å²) < 4.78 is 49.2. The molecule has 0 unspecified atom stereocenters. The Morgan fingerprint density at radius 2 is 1.65 bits per heavy atom. The minimum Gasteiger partial charge on any atom is -0.465 e. The number of para-hydroxylation sites is 1. The third-order valence-corrected chi connectivity index (χ3v) is 5.98. The first kappa shape index (κ1) is 23.8. The molecule has 0 radical (unpaired) electrons. The van der Waals surface area contributed by atoms with Crippen LogP contribution in [0.4, 0.5) is 13.2 Å². The lowest BCUT2D eigenvalue weighted by molar-refractivity contribution is -0.137. The van der Waals surface area contributed by atoms with Gasteiger partial charge in [0.25, 0.3) is 0 Å². The van der Waals surface area contributed by atoms with Crippen LogP contribution in [0.3, 0.4) is 0 Å². The van der Waals surface area contributed by atoms with E-state index in [0.29, 0.717) is 34.8 Å². The van der Waals surface area contributed by atoms with Gasteiger partial charge in [-0.25, -0.2) is 4.79 Å². The molecule has 4 rings (SSSR count). The maximum absolute atomic E-state index is 14.0. The number of alkyl halides is 3. The van der Waals surface area contributed by atoms with Gasteiger partial charge in [0.2, 0.25) is 0 Å². The molecule has 0 fully saturated rings. The summed E-state index contributed by atoms with van der Waals surface area (Å²) in [5, 5.41) is 0. The van der Waals surface area contributed by atoms with E-state index >= 15 is 0 Å². The van der Waals surface area contributed by atoms with E-state index < -0.39 is 17.7 Å². The number of ether oxygens (including phenoxy) is 1. The summed E-state index contributed by atoms with van der Waals surface area (Å²) in [6.07, 6.45) is -4.09. The fraction of sp³-hybridized carbons (Fsp3) is 0.154. The topological polar surface area (TPSA) is 44.1 Å². The van der Waals surface area contributed by atoms with Crippen molar-refractivity contribution < 1.29 is 22.7 Å². The lowest BCUT2D eigenvalue weighted by Crippen LogP contribution is -2.12. The number of aromatic nitrogens is 2. The van der Waals surface area contributed by atoms with Crippen molar-refractivity contribution in [1.29, 1.82) is 0 Å². The summed E-state index contributed by atoms with van der Waals surface area (Å²) in [4.78, 5) is 16.7. The van der Waals surface area contributed by atoms with Crippen LogP contribution >= 0.6 is 15.9 Å². The van der Waals surface area contributed by atoms with Crippen LogP contribution in [0.25, 0.3) is 28.3 Å². The third-order valence-electron chi connectivity index (χ3n) is 5.45. The van der Waals surface area contributed by atoms with Crippen molar-refractivity contribution in [3.8, 4) is 28.3 Å². The molecule has 4 nitrogen and oxygen atoms in total. The predicted molar refractivity (Wildman–Crippen MR) is 128 cm³/mol. The minimum absolute atomic E-state index is 0.00943. The monoisotopic (exact) mass is 528 g/mol. The lowest BCUT2D eigenvalue weighted by atomic mass is 10.1. The largest absolute Gasteiger partial charge is 0.465 e. The summed E-state index contributed by atoms with van der Waals surface area (Å²) in [6.45, 7) is 1.85.